The summed E-state index contributed by atoms with van der Waals surface area (Å²) >= 11 is 0. The van der Waals surface area contributed by atoms with Crippen LogP contribution in [0.25, 0.3) is 0 Å². The lowest BCUT2D eigenvalue weighted by atomic mass is 9.86. The predicted octanol–water partition coefficient (Wildman–Crippen LogP) is 3.87. The van der Waals surface area contributed by atoms with Gasteiger partial charge in [0.2, 0.25) is 5.89 Å². The maximum Gasteiger partial charge on any atom is 0.248 e. The van der Waals surface area contributed by atoms with Crippen LogP contribution in [0.1, 0.15) is 76.6 Å². The molecule has 1 aromatic heterocycles. The molecule has 2 atom stereocenters. The first-order chi connectivity index (χ1) is 14.2. The highest BCUT2D eigenvalue weighted by Gasteiger charge is 2.16. The normalized spacial score (nSPS) is 14.0. The minimum atomic E-state index is -0.648. The van der Waals surface area contributed by atoms with Crippen LogP contribution in [0.15, 0.2) is 33.8 Å². The molecule has 9 heteroatoms. The van der Waals surface area contributed by atoms with E-state index in [1.807, 2.05) is 32.9 Å². The molecule has 0 aliphatic heterocycles. The number of rotatable bonds is 9. The van der Waals surface area contributed by atoms with E-state index in [2.05, 4.69) is 58.7 Å². The lowest BCUT2D eigenvalue weighted by Gasteiger charge is -2.20. The van der Waals surface area contributed by atoms with Crippen molar-refractivity contribution < 1.29 is 14.4 Å². The fourth-order valence-corrected chi connectivity index (χ4v) is 2.83. The number of hydrogen-bond acceptors (Lipinski definition) is 6. The molecule has 2 unspecified atom stereocenters. The van der Waals surface area contributed by atoms with E-state index in [1.54, 1.807) is 0 Å². The lowest BCUT2D eigenvalue weighted by Crippen LogP contribution is -2.39. The van der Waals surface area contributed by atoms with Gasteiger partial charge in [-0.15, -0.1) is 24.0 Å². The largest absolute Gasteiger partial charge is 0.387 e. The van der Waals surface area contributed by atoms with Gasteiger partial charge in [-0.05, 0) is 37.3 Å². The number of hydrogen-bond donors (Lipinski definition) is 3. The maximum absolute atomic E-state index is 10.5. The van der Waals surface area contributed by atoms with Crippen molar-refractivity contribution in [3.63, 3.8) is 0 Å². The number of guanidine groups is 1. The van der Waals surface area contributed by atoms with Gasteiger partial charge in [0.25, 0.3) is 0 Å². The Kier molecular flexibility index (Phi) is 11.4. The minimum absolute atomic E-state index is 0. The number of ether oxygens (including phenoxy) is 1. The molecule has 8 nitrogen and oxygen atoms in total. The van der Waals surface area contributed by atoms with Gasteiger partial charge in [0, 0.05) is 19.7 Å². The van der Waals surface area contributed by atoms with Crippen molar-refractivity contribution in [2.24, 2.45) is 4.99 Å². The summed E-state index contributed by atoms with van der Waals surface area (Å²) in [6, 6.07) is 8.07. The summed E-state index contributed by atoms with van der Waals surface area (Å²) in [5.41, 5.74) is 2.18. The van der Waals surface area contributed by atoms with Gasteiger partial charge in [-0.3, -0.25) is 0 Å². The van der Waals surface area contributed by atoms with E-state index in [-0.39, 0.29) is 42.0 Å². The van der Waals surface area contributed by atoms with Crippen LogP contribution in [0.3, 0.4) is 0 Å². The Labute approximate surface area is 202 Å². The van der Waals surface area contributed by atoms with Crippen molar-refractivity contribution in [3.8, 4) is 0 Å². The molecule has 0 spiro atoms. The van der Waals surface area contributed by atoms with Crippen LogP contribution >= 0.6 is 24.0 Å². The number of benzene rings is 1. The molecule has 0 saturated carbocycles. The minimum Gasteiger partial charge on any atom is -0.387 e. The summed E-state index contributed by atoms with van der Waals surface area (Å²) in [6.45, 7) is 14.1. The maximum atomic E-state index is 10.5. The first kappa shape index (κ1) is 27.3. The van der Waals surface area contributed by atoms with E-state index in [4.69, 9.17) is 9.26 Å². The Balaban J connectivity index is 0.00000480. The molecule has 2 rings (SSSR count). The van der Waals surface area contributed by atoms with E-state index in [1.165, 1.54) is 5.56 Å². The Morgan fingerprint density at radius 1 is 1.19 bits per heavy atom. The first-order valence-corrected chi connectivity index (χ1v) is 10.5. The van der Waals surface area contributed by atoms with Gasteiger partial charge in [0.15, 0.2) is 11.8 Å². The molecule has 0 aliphatic rings. The van der Waals surface area contributed by atoms with Crippen LogP contribution in [-0.4, -0.2) is 40.9 Å². The van der Waals surface area contributed by atoms with Gasteiger partial charge in [-0.1, -0.05) is 50.2 Å². The molecule has 0 amide bonds. The van der Waals surface area contributed by atoms with Crippen LogP contribution in [-0.2, 0) is 16.7 Å². The van der Waals surface area contributed by atoms with Gasteiger partial charge >= 0.3 is 0 Å². The van der Waals surface area contributed by atoms with Gasteiger partial charge in [0.05, 0.1) is 6.10 Å². The third kappa shape index (κ3) is 8.74. The van der Waals surface area contributed by atoms with Gasteiger partial charge in [-0.25, -0.2) is 4.99 Å². The molecular formula is C22H36IN5O3. The third-order valence-electron chi connectivity index (χ3n) is 4.61. The smallest absolute Gasteiger partial charge is 0.248 e. The fourth-order valence-electron chi connectivity index (χ4n) is 2.83. The average Bonchev–Trinajstić information content (AvgIpc) is 3.18. The molecule has 2 aromatic rings. The lowest BCUT2D eigenvalue weighted by molar-refractivity contribution is 0.0683. The van der Waals surface area contributed by atoms with Crippen molar-refractivity contribution in [1.82, 2.24) is 20.8 Å². The van der Waals surface area contributed by atoms with Crippen molar-refractivity contribution in [2.75, 3.05) is 19.7 Å². The number of aromatic nitrogens is 2. The molecule has 0 bridgehead atoms. The molecule has 0 fully saturated rings. The van der Waals surface area contributed by atoms with E-state index in [0.29, 0.717) is 37.4 Å². The quantitative estimate of drug-likeness (QED) is 0.250. The first-order valence-electron chi connectivity index (χ1n) is 10.5. The predicted molar refractivity (Wildman–Crippen MR) is 133 cm³/mol. The van der Waals surface area contributed by atoms with Crippen LogP contribution in [0, 0.1) is 0 Å². The monoisotopic (exact) mass is 545 g/mol. The molecule has 31 heavy (non-hydrogen) atoms. The van der Waals surface area contributed by atoms with E-state index < -0.39 is 6.10 Å². The number of aliphatic imine (C=N–C) groups is 1. The van der Waals surface area contributed by atoms with Crippen molar-refractivity contribution in [3.05, 3.63) is 47.1 Å². The SMILES string of the molecule is CCNC(=NCc1nc(C(C)OCC)no1)NCC(O)c1ccc(C(C)(C)C)cc1.I. The summed E-state index contributed by atoms with van der Waals surface area (Å²) in [5.74, 6) is 1.49. The average molecular weight is 545 g/mol. The summed E-state index contributed by atoms with van der Waals surface area (Å²) in [6.07, 6.45) is -0.868. The van der Waals surface area contributed by atoms with Crippen LogP contribution in [0.4, 0.5) is 0 Å². The summed E-state index contributed by atoms with van der Waals surface area (Å²) < 4.78 is 10.7. The highest BCUT2D eigenvalue weighted by atomic mass is 127. The van der Waals surface area contributed by atoms with Crippen molar-refractivity contribution in [2.45, 2.75) is 65.7 Å². The van der Waals surface area contributed by atoms with Gasteiger partial charge in [-0.2, -0.15) is 4.98 Å². The van der Waals surface area contributed by atoms with Crippen molar-refractivity contribution in [1.29, 1.82) is 0 Å². The molecule has 174 valence electrons. The number of nitrogens with zero attached hydrogens (tertiary/aromatic N) is 3. The second kappa shape index (κ2) is 13.0. The molecule has 0 aliphatic carbocycles. The molecule has 1 aromatic carbocycles. The zero-order valence-corrected chi connectivity index (χ0v) is 21.6. The second-order valence-electron chi connectivity index (χ2n) is 8.11. The van der Waals surface area contributed by atoms with Crippen LogP contribution < -0.4 is 10.6 Å². The third-order valence-corrected chi connectivity index (χ3v) is 4.61. The zero-order chi connectivity index (χ0) is 22.1. The topological polar surface area (TPSA) is 105 Å². The number of nitrogens with one attached hydrogen (secondary N) is 2. The summed E-state index contributed by atoms with van der Waals surface area (Å²) in [4.78, 5) is 8.78. The summed E-state index contributed by atoms with van der Waals surface area (Å²) in [5, 5.41) is 20.8. The molecule has 0 radical (unpaired) electrons. The molecule has 3 N–H and O–H groups in total. The van der Waals surface area contributed by atoms with Crippen LogP contribution in [0.2, 0.25) is 0 Å². The van der Waals surface area contributed by atoms with E-state index in [0.717, 1.165) is 5.56 Å². The Bertz CT molecular complexity index is 802. The van der Waals surface area contributed by atoms with Crippen molar-refractivity contribution >= 4 is 29.9 Å². The summed E-state index contributed by atoms with van der Waals surface area (Å²) in [7, 11) is 0. The number of aliphatic hydroxyl groups excluding tert-OH is 1. The standard InChI is InChI=1S/C22H35N5O3.HI/c1-7-23-21(25-14-19-26-20(27-30-19)15(3)29-8-2)24-13-18(28)16-9-11-17(12-10-16)22(4,5)6;/h9-12,15,18,28H,7-8,13-14H2,1-6H3,(H2,23,24,25);1H. The second-order valence-corrected chi connectivity index (χ2v) is 8.11. The van der Waals surface area contributed by atoms with E-state index in [9.17, 15) is 5.11 Å². The highest BCUT2D eigenvalue weighted by Crippen LogP contribution is 2.23. The zero-order valence-electron chi connectivity index (χ0n) is 19.3. The Morgan fingerprint density at radius 2 is 1.87 bits per heavy atom. The Morgan fingerprint density at radius 3 is 2.45 bits per heavy atom. The fraction of sp³-hybridized carbons (Fsp3) is 0.591. The van der Waals surface area contributed by atoms with Gasteiger partial charge in [0.1, 0.15) is 12.6 Å². The van der Waals surface area contributed by atoms with Crippen LogP contribution in [0.5, 0.6) is 0 Å². The Hall–Kier alpha value is -1.72. The molecule has 0 saturated heterocycles. The van der Waals surface area contributed by atoms with E-state index >= 15 is 0 Å². The highest BCUT2D eigenvalue weighted by molar-refractivity contribution is 14.0. The van der Waals surface area contributed by atoms with Gasteiger partial charge < -0.3 is 25.0 Å². The number of aliphatic hydroxyl groups is 1. The molecular weight excluding hydrogens is 509 g/mol. The number of halogens is 1. The molecule has 1 heterocycles.